The van der Waals surface area contributed by atoms with Gasteiger partial charge in [-0.1, -0.05) is 91.0 Å². The number of carbonyl (C=O) groups excluding carboxylic acids is 5. The number of β-lactam (4-membered cyclic amide) rings is 1. The summed E-state index contributed by atoms with van der Waals surface area (Å²) in [6.07, 6.45) is -2.30. The number of nitrogens with one attached hydrogen (secondary N) is 2. The van der Waals surface area contributed by atoms with Gasteiger partial charge in [0.2, 0.25) is 6.10 Å². The van der Waals surface area contributed by atoms with Crippen LogP contribution in [0.1, 0.15) is 46.3 Å². The number of carbonyl (C=O) groups is 5. The molecule has 0 aliphatic carbocycles. The smallest absolute Gasteiger partial charge is 0.359 e. The lowest BCUT2D eigenvalue weighted by molar-refractivity contribution is -0.155. The fourth-order valence-corrected chi connectivity index (χ4v) is 6.80. The Morgan fingerprint density at radius 2 is 1.44 bits per heavy atom. The number of H-pyrrole nitrogens is 1. The minimum Gasteiger partial charge on any atom is -0.461 e. The molecule has 4 aromatic rings. The van der Waals surface area contributed by atoms with Crippen LogP contribution in [0.15, 0.2) is 119 Å². The van der Waals surface area contributed by atoms with Crippen LogP contribution in [0.25, 0.3) is 0 Å². The molecule has 3 aromatic carbocycles. The highest BCUT2D eigenvalue weighted by molar-refractivity contribution is 8.00. The maximum absolute atomic E-state index is 14.0. The summed E-state index contributed by atoms with van der Waals surface area (Å²) in [4.78, 5) is 78.8. The number of ether oxygens (including phenoxy) is 3. The largest absolute Gasteiger partial charge is 0.461 e. The molecule has 1 saturated heterocycles. The van der Waals surface area contributed by atoms with Crippen LogP contribution in [-0.4, -0.2) is 68.6 Å². The van der Waals surface area contributed by atoms with Gasteiger partial charge in [-0.25, -0.2) is 14.7 Å². The third kappa shape index (κ3) is 7.34. The van der Waals surface area contributed by atoms with Crippen LogP contribution in [-0.2, 0) is 33.4 Å². The Morgan fingerprint density at radius 3 is 2.00 bits per heavy atom. The summed E-state index contributed by atoms with van der Waals surface area (Å²) in [6, 6.07) is 27.6. The normalized spacial score (nSPS) is 17.2. The van der Waals surface area contributed by atoms with Gasteiger partial charge in [0.15, 0.2) is 11.8 Å². The number of aromatic nitrogens is 2. The van der Waals surface area contributed by atoms with Gasteiger partial charge in [0, 0.05) is 29.9 Å². The second-order valence-electron chi connectivity index (χ2n) is 11.2. The molecule has 0 bridgehead atoms. The Kier molecular flexibility index (Phi) is 10.2. The number of hydrogen-bond donors (Lipinski definition) is 2. The van der Waals surface area contributed by atoms with Crippen molar-refractivity contribution >= 4 is 41.5 Å². The quantitative estimate of drug-likeness (QED) is 0.134. The predicted molar refractivity (Wildman–Crippen MR) is 179 cm³/mol. The van der Waals surface area contributed by atoms with Gasteiger partial charge in [-0.3, -0.25) is 24.1 Å². The summed E-state index contributed by atoms with van der Waals surface area (Å²) < 4.78 is 16.8. The molecule has 2 N–H and O–H groups in total. The fraction of sp³-hybridized carbons (Fsp3) is 0.194. The Balaban J connectivity index is 1.25. The Morgan fingerprint density at radius 1 is 0.840 bits per heavy atom. The fourth-order valence-electron chi connectivity index (χ4n) is 5.47. The Labute approximate surface area is 289 Å². The van der Waals surface area contributed by atoms with E-state index >= 15 is 0 Å². The molecular formula is C36H30N4O9S. The molecule has 2 amide bonds. The van der Waals surface area contributed by atoms with E-state index in [1.54, 1.807) is 30.3 Å². The van der Waals surface area contributed by atoms with Gasteiger partial charge in [-0.15, -0.1) is 11.8 Å². The highest BCUT2D eigenvalue weighted by atomic mass is 32.2. The molecule has 2 aliphatic rings. The number of thioether (sulfide) groups is 1. The van der Waals surface area contributed by atoms with Crippen molar-refractivity contribution in [3.8, 4) is 0 Å². The molecule has 3 atom stereocenters. The van der Waals surface area contributed by atoms with Crippen LogP contribution in [0.5, 0.6) is 0 Å². The molecule has 254 valence electrons. The zero-order valence-electron chi connectivity index (χ0n) is 26.5. The maximum atomic E-state index is 14.0. The van der Waals surface area contributed by atoms with Gasteiger partial charge >= 0.3 is 17.9 Å². The van der Waals surface area contributed by atoms with Crippen molar-refractivity contribution < 1.29 is 38.2 Å². The third-order valence-electron chi connectivity index (χ3n) is 7.87. The van der Waals surface area contributed by atoms with E-state index in [-0.39, 0.29) is 23.8 Å². The third-order valence-corrected chi connectivity index (χ3v) is 9.21. The SMILES string of the molecule is CC(=O)OCC1=C(C(=O)OC(c2ccccc2)c2ccccc2)N2C(=O)[C@H](NC(=O)C(OC(=O)c3ccc(=O)[nH]n3)c3ccccc3)[C@H]2SC1. The number of nitrogens with zero attached hydrogens (tertiary/aromatic N) is 2. The second-order valence-corrected chi connectivity index (χ2v) is 12.3. The molecule has 1 unspecified atom stereocenters. The lowest BCUT2D eigenvalue weighted by Gasteiger charge is -2.50. The van der Waals surface area contributed by atoms with Crippen molar-refractivity contribution in [1.82, 2.24) is 20.4 Å². The number of fused-ring (bicyclic) bond motifs is 1. The summed E-state index contributed by atoms with van der Waals surface area (Å²) in [6.45, 7) is 0.994. The number of amides is 2. The molecule has 2 aliphatic heterocycles. The van der Waals surface area contributed by atoms with Gasteiger partial charge in [-0.2, -0.15) is 5.10 Å². The number of esters is 3. The molecule has 1 aromatic heterocycles. The van der Waals surface area contributed by atoms with Crippen molar-refractivity contribution in [2.24, 2.45) is 0 Å². The maximum Gasteiger partial charge on any atom is 0.359 e. The molecule has 13 nitrogen and oxygen atoms in total. The van der Waals surface area contributed by atoms with E-state index in [1.807, 2.05) is 60.7 Å². The minimum atomic E-state index is -1.48. The number of rotatable bonds is 11. The van der Waals surface area contributed by atoms with Crippen LogP contribution >= 0.6 is 11.8 Å². The first-order valence-corrected chi connectivity index (χ1v) is 16.5. The van der Waals surface area contributed by atoms with Crippen molar-refractivity contribution in [2.45, 2.75) is 30.5 Å². The average molecular weight is 695 g/mol. The van der Waals surface area contributed by atoms with E-state index in [0.717, 1.165) is 12.1 Å². The standard InChI is InChI=1S/C36H30N4O9S/c1-21(41)47-19-25-20-50-34-28(37-32(43)31(24-15-9-4-10-16-24)49-35(45)26-17-18-27(42)39-38-26)33(44)40(34)29(25)36(46)48-30(22-11-5-2-6-12-22)23-13-7-3-8-14-23/h2-18,28,30-31,34H,19-20H2,1H3,(H,37,43)(H,39,42)/t28-,31?,34+/m0/s1. The van der Waals surface area contributed by atoms with E-state index in [9.17, 15) is 28.8 Å². The first-order chi connectivity index (χ1) is 24.2. The van der Waals surface area contributed by atoms with Gasteiger partial charge in [0.1, 0.15) is 23.7 Å². The van der Waals surface area contributed by atoms with Crippen LogP contribution in [0.2, 0.25) is 0 Å². The van der Waals surface area contributed by atoms with E-state index in [1.165, 1.54) is 23.6 Å². The molecular weight excluding hydrogens is 664 g/mol. The number of benzene rings is 3. The van der Waals surface area contributed by atoms with Crippen LogP contribution < -0.4 is 10.9 Å². The first-order valence-electron chi connectivity index (χ1n) is 15.4. The Bertz CT molecular complexity index is 1940. The molecule has 14 heteroatoms. The molecule has 50 heavy (non-hydrogen) atoms. The van der Waals surface area contributed by atoms with E-state index in [4.69, 9.17) is 14.2 Å². The van der Waals surface area contributed by atoms with Gasteiger partial charge < -0.3 is 19.5 Å². The summed E-state index contributed by atoms with van der Waals surface area (Å²) >= 11 is 1.26. The average Bonchev–Trinajstić information content (AvgIpc) is 3.14. The molecule has 0 radical (unpaired) electrons. The zero-order chi connectivity index (χ0) is 35.2. The lowest BCUT2D eigenvalue weighted by atomic mass is 10.00. The van der Waals surface area contributed by atoms with Crippen LogP contribution in [0.4, 0.5) is 0 Å². The summed E-state index contributed by atoms with van der Waals surface area (Å²) in [5.41, 5.74) is 1.27. The number of aromatic amines is 1. The van der Waals surface area contributed by atoms with Crippen molar-refractivity contribution in [3.05, 3.63) is 147 Å². The van der Waals surface area contributed by atoms with Gasteiger partial charge in [0.25, 0.3) is 17.4 Å². The van der Waals surface area contributed by atoms with E-state index in [0.29, 0.717) is 22.3 Å². The molecule has 6 rings (SSSR count). The summed E-state index contributed by atoms with van der Waals surface area (Å²) in [5.74, 6) is -3.57. The zero-order valence-corrected chi connectivity index (χ0v) is 27.3. The first kappa shape index (κ1) is 33.9. The number of hydrogen-bond acceptors (Lipinski definition) is 11. The van der Waals surface area contributed by atoms with Gasteiger partial charge in [-0.05, 0) is 17.2 Å². The predicted octanol–water partition coefficient (Wildman–Crippen LogP) is 3.22. The molecule has 3 heterocycles. The van der Waals surface area contributed by atoms with Crippen LogP contribution in [0, 0.1) is 0 Å². The monoisotopic (exact) mass is 694 g/mol. The molecule has 0 spiro atoms. The summed E-state index contributed by atoms with van der Waals surface area (Å²) in [7, 11) is 0. The highest BCUT2D eigenvalue weighted by Gasteiger charge is 2.55. The van der Waals surface area contributed by atoms with E-state index in [2.05, 4.69) is 15.5 Å². The van der Waals surface area contributed by atoms with Crippen molar-refractivity contribution in [1.29, 1.82) is 0 Å². The molecule has 1 fully saturated rings. The van der Waals surface area contributed by atoms with Crippen molar-refractivity contribution in [3.63, 3.8) is 0 Å². The lowest BCUT2D eigenvalue weighted by Crippen LogP contribution is -2.71. The topological polar surface area (TPSA) is 174 Å². The minimum absolute atomic E-state index is 0.0717. The van der Waals surface area contributed by atoms with E-state index < -0.39 is 58.9 Å². The highest BCUT2D eigenvalue weighted by Crippen LogP contribution is 2.42. The summed E-state index contributed by atoms with van der Waals surface area (Å²) in [5, 5.41) is 7.76. The van der Waals surface area contributed by atoms with Crippen molar-refractivity contribution in [2.75, 3.05) is 12.4 Å². The second kappa shape index (κ2) is 15.0. The Hall–Kier alpha value is -6.02. The van der Waals surface area contributed by atoms with Gasteiger partial charge in [0.05, 0.1) is 0 Å². The molecule has 0 saturated carbocycles. The van der Waals surface area contributed by atoms with Crippen LogP contribution in [0.3, 0.4) is 0 Å².